The molecule has 0 aliphatic rings. The Morgan fingerprint density at radius 2 is 2.05 bits per heavy atom. The van der Waals surface area contributed by atoms with Gasteiger partial charge in [0.05, 0.1) is 7.11 Å². The fraction of sp³-hybridized carbons (Fsp3) is 0.417. The van der Waals surface area contributed by atoms with Crippen molar-refractivity contribution in [3.05, 3.63) is 33.8 Å². The topological polar surface area (TPSA) is 38.8 Å². The van der Waals surface area contributed by atoms with Crippen LogP contribution in [0.3, 0.4) is 0 Å². The van der Waals surface area contributed by atoms with Gasteiger partial charge >= 0.3 is 0 Å². The third kappa shape index (κ3) is 3.71. The monoisotopic (exact) mass is 337 g/mol. The molecule has 1 amide bonds. The minimum absolute atomic E-state index is 0.143. The molecule has 0 saturated carbocycles. The smallest absolute Gasteiger partial charge is 0.297 e. The van der Waals surface area contributed by atoms with E-state index in [9.17, 15) is 13.6 Å². The van der Waals surface area contributed by atoms with E-state index in [1.54, 1.807) is 0 Å². The zero-order valence-electron chi connectivity index (χ0n) is 10.7. The molecule has 19 heavy (non-hydrogen) atoms. The Morgan fingerprint density at radius 3 is 2.53 bits per heavy atom. The van der Waals surface area contributed by atoms with Crippen molar-refractivity contribution in [3.63, 3.8) is 0 Å². The van der Waals surface area contributed by atoms with Crippen LogP contribution in [-0.4, -0.2) is 38.8 Å². The lowest BCUT2D eigenvalue weighted by Crippen LogP contribution is -2.26. The van der Waals surface area contributed by atoms with Crippen molar-refractivity contribution in [3.8, 4) is 0 Å². The number of carbonyl (C=O) groups is 1. The van der Waals surface area contributed by atoms with Crippen LogP contribution in [0.5, 0.6) is 0 Å². The molecule has 1 rings (SSSR count). The molecule has 106 valence electrons. The molecule has 0 atom stereocenters. The normalized spacial score (nSPS) is 11.5. The number of hydrogen-bond acceptors (Lipinski definition) is 3. The largest absolute Gasteiger partial charge is 0.378 e. The molecule has 0 unspecified atom stereocenters. The number of hydrogen-bond donors (Lipinski definition) is 0. The van der Waals surface area contributed by atoms with Crippen LogP contribution >= 0.6 is 15.9 Å². The summed E-state index contributed by atoms with van der Waals surface area (Å²) in [5.41, 5.74) is 0.0131. The Labute approximate surface area is 118 Å². The number of ether oxygens (including phenoxy) is 1. The van der Waals surface area contributed by atoms with E-state index >= 15 is 0 Å². The summed E-state index contributed by atoms with van der Waals surface area (Å²) in [4.78, 5) is 16.5. The Hall–Kier alpha value is -1.05. The Balaban J connectivity index is 3.07. The molecule has 0 aromatic heterocycles. The summed E-state index contributed by atoms with van der Waals surface area (Å²) in [5, 5.41) is 1.01. The number of nitrogens with zero attached hydrogens (tertiary/aromatic N) is 1. The van der Waals surface area contributed by atoms with Crippen molar-refractivity contribution in [2.24, 2.45) is 0 Å². The van der Waals surface area contributed by atoms with Gasteiger partial charge < -0.3 is 4.74 Å². The molecule has 0 fully saturated rings. The summed E-state index contributed by atoms with van der Waals surface area (Å²) in [6, 6.07) is 3.85. The van der Waals surface area contributed by atoms with Gasteiger partial charge in [-0.15, -0.1) is 0 Å². The molecule has 0 spiro atoms. The maximum atomic E-state index is 13.7. The number of amides is 1. The molecule has 1 aromatic carbocycles. The van der Waals surface area contributed by atoms with Gasteiger partial charge in [0.2, 0.25) is 0 Å². The lowest BCUT2D eigenvalue weighted by molar-refractivity contribution is -0.0758. The lowest BCUT2D eigenvalue weighted by atomic mass is 10.1. The zero-order chi connectivity index (χ0) is 14.6. The van der Waals surface area contributed by atoms with Crippen LogP contribution < -0.4 is 0 Å². The minimum atomic E-state index is -3.12. The van der Waals surface area contributed by atoms with Gasteiger partial charge in [0.1, 0.15) is 6.61 Å². The molecule has 0 radical (unpaired) electrons. The number of alkyl halides is 2. The highest BCUT2D eigenvalue weighted by Crippen LogP contribution is 2.34. The summed E-state index contributed by atoms with van der Waals surface area (Å²) < 4.78 is 32.0. The molecule has 0 aliphatic carbocycles. The van der Waals surface area contributed by atoms with Crippen molar-refractivity contribution in [1.29, 1.82) is 0 Å². The van der Waals surface area contributed by atoms with Gasteiger partial charge in [-0.1, -0.05) is 22.0 Å². The number of benzene rings is 1. The summed E-state index contributed by atoms with van der Waals surface area (Å²) in [6.45, 7) is -0.725. The number of rotatable bonds is 5. The molecule has 0 saturated heterocycles. The predicted octanol–water partition coefficient (Wildman–Crippen LogP) is 2.82. The van der Waals surface area contributed by atoms with Gasteiger partial charge in [-0.05, 0) is 12.1 Å². The Kier molecular flexibility index (Phi) is 5.39. The summed E-state index contributed by atoms with van der Waals surface area (Å²) in [6.07, 6.45) is 0. The third-order valence-corrected chi connectivity index (χ3v) is 3.15. The second kappa shape index (κ2) is 6.40. The first kappa shape index (κ1) is 16.0. The number of hydroxylamine groups is 2. The van der Waals surface area contributed by atoms with Gasteiger partial charge in [-0.25, -0.2) is 5.06 Å². The van der Waals surface area contributed by atoms with Crippen molar-refractivity contribution in [1.82, 2.24) is 5.06 Å². The van der Waals surface area contributed by atoms with E-state index in [0.29, 0.717) is 0 Å². The number of methoxy groups -OCH3 is 1. The first-order valence-electron chi connectivity index (χ1n) is 5.32. The van der Waals surface area contributed by atoms with E-state index in [0.717, 1.165) is 5.06 Å². The van der Waals surface area contributed by atoms with Crippen molar-refractivity contribution >= 4 is 21.8 Å². The number of halogens is 3. The molecule has 0 aliphatic heterocycles. The van der Waals surface area contributed by atoms with Gasteiger partial charge in [0, 0.05) is 29.8 Å². The highest BCUT2D eigenvalue weighted by Gasteiger charge is 2.34. The quantitative estimate of drug-likeness (QED) is 0.775. The molecule has 0 heterocycles. The van der Waals surface area contributed by atoms with Gasteiger partial charge in [-0.3, -0.25) is 9.63 Å². The molecular formula is C12H14BrF2NO3. The van der Waals surface area contributed by atoms with Gasteiger partial charge in [0.15, 0.2) is 0 Å². The lowest BCUT2D eigenvalue weighted by Gasteiger charge is -2.19. The highest BCUT2D eigenvalue weighted by atomic mass is 79.9. The molecular weight excluding hydrogens is 324 g/mol. The second-order valence-electron chi connectivity index (χ2n) is 3.82. The van der Waals surface area contributed by atoms with Crippen LogP contribution in [0, 0.1) is 0 Å². The first-order valence-corrected chi connectivity index (χ1v) is 6.11. The maximum absolute atomic E-state index is 13.7. The van der Waals surface area contributed by atoms with E-state index in [-0.39, 0.29) is 15.6 Å². The standard InChI is InChI=1S/C12H14BrF2NO3/c1-16(19-3)11(17)8-4-5-9(10(13)6-8)12(14,15)7-18-2/h4-6H,7H2,1-3H3. The predicted molar refractivity (Wildman–Crippen MR) is 69.0 cm³/mol. The van der Waals surface area contributed by atoms with E-state index < -0.39 is 18.4 Å². The average Bonchev–Trinajstić information content (AvgIpc) is 2.36. The second-order valence-corrected chi connectivity index (χ2v) is 4.67. The fourth-order valence-electron chi connectivity index (χ4n) is 1.47. The first-order chi connectivity index (χ1) is 8.83. The van der Waals surface area contributed by atoms with E-state index in [2.05, 4.69) is 20.7 Å². The minimum Gasteiger partial charge on any atom is -0.378 e. The van der Waals surface area contributed by atoms with Crippen LogP contribution in [0.15, 0.2) is 22.7 Å². The molecule has 0 bridgehead atoms. The van der Waals surface area contributed by atoms with Crippen LogP contribution in [0.25, 0.3) is 0 Å². The van der Waals surface area contributed by atoms with Gasteiger partial charge in [0.25, 0.3) is 11.8 Å². The molecule has 0 N–H and O–H groups in total. The summed E-state index contributed by atoms with van der Waals surface area (Å²) >= 11 is 3.05. The molecule has 1 aromatic rings. The summed E-state index contributed by atoms with van der Waals surface area (Å²) in [7, 11) is 3.98. The van der Waals surface area contributed by atoms with Crippen LogP contribution in [0.1, 0.15) is 15.9 Å². The van der Waals surface area contributed by atoms with Crippen LogP contribution in [0.4, 0.5) is 8.78 Å². The van der Waals surface area contributed by atoms with Crippen molar-refractivity contribution in [2.75, 3.05) is 27.9 Å². The zero-order valence-corrected chi connectivity index (χ0v) is 12.3. The summed E-state index contributed by atoms with van der Waals surface area (Å²) in [5.74, 6) is -3.55. The van der Waals surface area contributed by atoms with E-state index in [1.165, 1.54) is 39.5 Å². The maximum Gasteiger partial charge on any atom is 0.297 e. The third-order valence-electron chi connectivity index (χ3n) is 2.50. The highest BCUT2D eigenvalue weighted by molar-refractivity contribution is 9.10. The van der Waals surface area contributed by atoms with E-state index in [1.807, 2.05) is 0 Å². The van der Waals surface area contributed by atoms with Crippen molar-refractivity contribution in [2.45, 2.75) is 5.92 Å². The average molecular weight is 338 g/mol. The Morgan fingerprint density at radius 1 is 1.42 bits per heavy atom. The SMILES string of the molecule is COCC(F)(F)c1ccc(C(=O)N(C)OC)cc1Br. The van der Waals surface area contributed by atoms with Crippen LogP contribution in [0.2, 0.25) is 0 Å². The van der Waals surface area contributed by atoms with Gasteiger partial charge in [-0.2, -0.15) is 8.78 Å². The Bertz CT molecular complexity index is 468. The fourth-order valence-corrected chi connectivity index (χ4v) is 2.14. The molecule has 7 heteroatoms. The van der Waals surface area contributed by atoms with E-state index in [4.69, 9.17) is 4.84 Å². The number of carbonyl (C=O) groups excluding carboxylic acids is 1. The van der Waals surface area contributed by atoms with Crippen molar-refractivity contribution < 1.29 is 23.1 Å². The molecule has 4 nitrogen and oxygen atoms in total. The van der Waals surface area contributed by atoms with Crippen LogP contribution in [-0.2, 0) is 15.5 Å².